The topological polar surface area (TPSA) is 105 Å². The molecular formula is C27H22FN3O5. The van der Waals surface area contributed by atoms with Crippen LogP contribution in [0.15, 0.2) is 72.3 Å². The Kier molecular flexibility index (Phi) is 6.91. The molecule has 0 unspecified atom stereocenters. The molecule has 2 N–H and O–H groups in total. The molecule has 1 heterocycles. The number of carbonyl (C=O) groups excluding carboxylic acids is 4. The lowest BCUT2D eigenvalue weighted by Crippen LogP contribution is -2.54. The molecule has 0 aromatic heterocycles. The number of halogens is 1. The summed E-state index contributed by atoms with van der Waals surface area (Å²) in [5.41, 5.74) is 2.90. The molecule has 0 atom stereocenters. The van der Waals surface area contributed by atoms with E-state index in [9.17, 15) is 23.6 Å². The molecule has 0 radical (unpaired) electrons. The molecular weight excluding hydrogens is 465 g/mol. The molecule has 182 valence electrons. The lowest BCUT2D eigenvalue weighted by atomic mass is 10.0. The summed E-state index contributed by atoms with van der Waals surface area (Å²) in [6.45, 7) is 3.46. The molecule has 9 heteroatoms. The van der Waals surface area contributed by atoms with Gasteiger partial charge in [-0.25, -0.2) is 14.1 Å². The second kappa shape index (κ2) is 10.2. The molecule has 3 aromatic carbocycles. The van der Waals surface area contributed by atoms with Crippen LogP contribution in [0.3, 0.4) is 0 Å². The van der Waals surface area contributed by atoms with Crippen LogP contribution in [0, 0.1) is 19.7 Å². The van der Waals surface area contributed by atoms with Crippen LogP contribution in [0.2, 0.25) is 0 Å². The molecule has 1 aliphatic heterocycles. The first kappa shape index (κ1) is 24.3. The number of amides is 5. The molecule has 36 heavy (non-hydrogen) atoms. The van der Waals surface area contributed by atoms with Crippen molar-refractivity contribution in [2.75, 3.05) is 16.8 Å². The number of hydrogen-bond acceptors (Lipinski definition) is 5. The van der Waals surface area contributed by atoms with Crippen LogP contribution in [0.1, 0.15) is 16.7 Å². The summed E-state index contributed by atoms with van der Waals surface area (Å²) in [5, 5.41) is 4.78. The maximum atomic E-state index is 13.1. The van der Waals surface area contributed by atoms with Crippen LogP contribution in [0.5, 0.6) is 5.75 Å². The fourth-order valence-corrected chi connectivity index (χ4v) is 3.50. The second-order valence-corrected chi connectivity index (χ2v) is 8.14. The molecule has 0 aliphatic carbocycles. The Morgan fingerprint density at radius 2 is 1.75 bits per heavy atom. The number of imide groups is 2. The first-order valence-electron chi connectivity index (χ1n) is 11.0. The van der Waals surface area contributed by atoms with E-state index in [2.05, 4.69) is 10.6 Å². The third-order valence-electron chi connectivity index (χ3n) is 5.52. The van der Waals surface area contributed by atoms with Crippen LogP contribution in [-0.4, -0.2) is 30.4 Å². The van der Waals surface area contributed by atoms with Gasteiger partial charge >= 0.3 is 6.03 Å². The minimum Gasteiger partial charge on any atom is -0.484 e. The predicted molar refractivity (Wildman–Crippen MR) is 132 cm³/mol. The highest BCUT2D eigenvalue weighted by molar-refractivity contribution is 6.39. The van der Waals surface area contributed by atoms with Gasteiger partial charge in [0.1, 0.15) is 17.1 Å². The highest BCUT2D eigenvalue weighted by Gasteiger charge is 2.36. The van der Waals surface area contributed by atoms with Gasteiger partial charge in [-0.05, 0) is 85.1 Å². The summed E-state index contributed by atoms with van der Waals surface area (Å²) in [6, 6.07) is 16.1. The van der Waals surface area contributed by atoms with Crippen molar-refractivity contribution in [3.05, 3.63) is 94.8 Å². The Labute approximate surface area is 206 Å². The molecule has 4 rings (SSSR count). The molecule has 3 aromatic rings. The zero-order chi connectivity index (χ0) is 25.8. The van der Waals surface area contributed by atoms with Crippen molar-refractivity contribution >= 4 is 41.2 Å². The fraction of sp³-hybridized carbons (Fsp3) is 0.111. The predicted octanol–water partition coefficient (Wildman–Crippen LogP) is 4.13. The second-order valence-electron chi connectivity index (χ2n) is 8.14. The number of hydrogen-bond donors (Lipinski definition) is 2. The molecule has 0 bridgehead atoms. The molecule has 1 saturated heterocycles. The molecule has 0 spiro atoms. The van der Waals surface area contributed by atoms with E-state index in [1.165, 1.54) is 30.3 Å². The molecule has 1 fully saturated rings. The highest BCUT2D eigenvalue weighted by Crippen LogP contribution is 2.25. The number of rotatable bonds is 6. The van der Waals surface area contributed by atoms with Crippen LogP contribution in [0.25, 0.3) is 6.08 Å². The first-order valence-corrected chi connectivity index (χ1v) is 11.0. The van der Waals surface area contributed by atoms with Gasteiger partial charge in [0.2, 0.25) is 0 Å². The van der Waals surface area contributed by atoms with Gasteiger partial charge in [0.15, 0.2) is 6.61 Å². The standard InChI is InChI=1S/C27H22FN3O5/c1-16-6-11-21(12-17(16)2)31-26(34)23(25(33)30-27(31)35)14-18-4-3-5-22(13-18)36-15-24(32)29-20-9-7-19(28)8-10-20/h3-14H,15H2,1-2H3,(H,29,32)(H,30,33,35)/b23-14-. The van der Waals surface area contributed by atoms with Gasteiger partial charge in [-0.3, -0.25) is 19.7 Å². The summed E-state index contributed by atoms with van der Waals surface area (Å²) < 4.78 is 18.5. The van der Waals surface area contributed by atoms with Crippen molar-refractivity contribution < 1.29 is 28.3 Å². The first-order chi connectivity index (χ1) is 17.2. The van der Waals surface area contributed by atoms with Crippen LogP contribution < -0.4 is 20.3 Å². The van der Waals surface area contributed by atoms with Crippen molar-refractivity contribution in [3.8, 4) is 5.75 Å². The Bertz CT molecular complexity index is 1400. The maximum absolute atomic E-state index is 13.1. The zero-order valence-electron chi connectivity index (χ0n) is 19.5. The number of nitrogens with zero attached hydrogens (tertiary/aromatic N) is 1. The lowest BCUT2D eigenvalue weighted by Gasteiger charge is -2.26. The van der Waals surface area contributed by atoms with Crippen LogP contribution in [-0.2, 0) is 14.4 Å². The fourth-order valence-electron chi connectivity index (χ4n) is 3.50. The average molecular weight is 487 g/mol. The Morgan fingerprint density at radius 1 is 1.00 bits per heavy atom. The van der Waals surface area contributed by atoms with E-state index in [0.717, 1.165) is 16.0 Å². The Hall–Kier alpha value is -4.79. The van der Waals surface area contributed by atoms with Gasteiger partial charge in [0, 0.05) is 5.69 Å². The quantitative estimate of drug-likeness (QED) is 0.402. The maximum Gasteiger partial charge on any atom is 0.335 e. The van der Waals surface area contributed by atoms with Gasteiger partial charge in [0.05, 0.1) is 5.69 Å². The van der Waals surface area contributed by atoms with E-state index >= 15 is 0 Å². The monoisotopic (exact) mass is 487 g/mol. The number of urea groups is 1. The SMILES string of the molecule is Cc1ccc(N2C(=O)NC(=O)/C(=C/c3cccc(OCC(=O)Nc4ccc(F)cc4)c3)C2=O)cc1C. The number of carbonyl (C=O) groups is 4. The number of benzene rings is 3. The van der Waals surface area contributed by atoms with E-state index in [-0.39, 0.29) is 12.2 Å². The smallest absolute Gasteiger partial charge is 0.335 e. The third kappa shape index (κ3) is 5.47. The van der Waals surface area contributed by atoms with Crippen LogP contribution in [0.4, 0.5) is 20.6 Å². The van der Waals surface area contributed by atoms with Crippen molar-refractivity contribution in [2.45, 2.75) is 13.8 Å². The normalized spacial score (nSPS) is 14.6. The van der Waals surface area contributed by atoms with Gasteiger partial charge in [-0.2, -0.15) is 0 Å². The summed E-state index contributed by atoms with van der Waals surface area (Å²) in [7, 11) is 0. The van der Waals surface area contributed by atoms with Gasteiger partial charge in [0.25, 0.3) is 17.7 Å². The number of nitrogens with one attached hydrogen (secondary N) is 2. The van der Waals surface area contributed by atoms with Gasteiger partial charge < -0.3 is 10.1 Å². The number of ether oxygens (including phenoxy) is 1. The van der Waals surface area contributed by atoms with E-state index in [4.69, 9.17) is 4.74 Å². The van der Waals surface area contributed by atoms with E-state index in [1.54, 1.807) is 42.5 Å². The minimum atomic E-state index is -0.824. The van der Waals surface area contributed by atoms with Crippen molar-refractivity contribution in [3.63, 3.8) is 0 Å². The zero-order valence-corrected chi connectivity index (χ0v) is 19.5. The van der Waals surface area contributed by atoms with E-state index < -0.39 is 29.6 Å². The summed E-state index contributed by atoms with van der Waals surface area (Å²) >= 11 is 0. The minimum absolute atomic E-state index is 0.223. The largest absolute Gasteiger partial charge is 0.484 e. The highest BCUT2D eigenvalue weighted by atomic mass is 19.1. The number of aryl methyl sites for hydroxylation is 2. The van der Waals surface area contributed by atoms with Crippen molar-refractivity contribution in [1.29, 1.82) is 0 Å². The molecule has 5 amide bonds. The lowest BCUT2D eigenvalue weighted by molar-refractivity contribution is -0.122. The summed E-state index contributed by atoms with van der Waals surface area (Å²) in [5.74, 6) is -2.10. The average Bonchev–Trinajstić information content (AvgIpc) is 2.84. The molecule has 0 saturated carbocycles. The molecule has 1 aliphatic rings. The Balaban J connectivity index is 1.49. The third-order valence-corrected chi connectivity index (χ3v) is 5.52. The van der Waals surface area contributed by atoms with Crippen LogP contribution >= 0.6 is 0 Å². The number of anilines is 2. The molecule has 8 nitrogen and oxygen atoms in total. The van der Waals surface area contributed by atoms with Gasteiger partial charge in [-0.1, -0.05) is 18.2 Å². The van der Waals surface area contributed by atoms with E-state index in [0.29, 0.717) is 22.7 Å². The Morgan fingerprint density at radius 3 is 2.47 bits per heavy atom. The summed E-state index contributed by atoms with van der Waals surface area (Å²) in [6.07, 6.45) is 1.35. The number of barbiturate groups is 1. The van der Waals surface area contributed by atoms with Gasteiger partial charge in [-0.15, -0.1) is 0 Å². The summed E-state index contributed by atoms with van der Waals surface area (Å²) in [4.78, 5) is 51.0. The van der Waals surface area contributed by atoms with Crippen molar-refractivity contribution in [2.24, 2.45) is 0 Å². The van der Waals surface area contributed by atoms with Crippen molar-refractivity contribution in [1.82, 2.24) is 5.32 Å². The van der Waals surface area contributed by atoms with E-state index in [1.807, 2.05) is 13.8 Å².